The highest BCUT2D eigenvalue weighted by atomic mass is 35.5. The van der Waals surface area contributed by atoms with Crippen LogP contribution in [0.25, 0.3) is 0 Å². The van der Waals surface area contributed by atoms with Crippen LogP contribution < -0.4 is 5.32 Å². The largest absolute Gasteiger partial charge is 0.417 e. The lowest BCUT2D eigenvalue weighted by molar-refractivity contribution is -0.137. The van der Waals surface area contributed by atoms with Gasteiger partial charge in [-0.2, -0.15) is 13.2 Å². The fourth-order valence-electron chi connectivity index (χ4n) is 2.20. The summed E-state index contributed by atoms with van der Waals surface area (Å²) in [6.45, 7) is -0.534. The number of halogens is 6. The quantitative estimate of drug-likeness (QED) is 0.715. The lowest BCUT2D eigenvalue weighted by Crippen LogP contribution is -2.35. The molecule has 0 aliphatic rings. The summed E-state index contributed by atoms with van der Waals surface area (Å²) < 4.78 is 52.3. The zero-order chi connectivity index (χ0) is 20.4. The minimum Gasteiger partial charge on any atom is -0.332 e. The van der Waals surface area contributed by atoms with E-state index < -0.39 is 46.5 Å². The molecule has 2 amide bonds. The number of carbonyl (C=O) groups is 2. The van der Waals surface area contributed by atoms with Gasteiger partial charge in [-0.05, 0) is 30.3 Å². The zero-order valence-corrected chi connectivity index (χ0v) is 15.2. The van der Waals surface area contributed by atoms with E-state index in [0.29, 0.717) is 6.07 Å². The zero-order valence-electron chi connectivity index (χ0n) is 13.7. The van der Waals surface area contributed by atoms with Crippen LogP contribution in [0.5, 0.6) is 0 Å². The van der Waals surface area contributed by atoms with Gasteiger partial charge < -0.3 is 10.2 Å². The molecule has 0 heterocycles. The fourth-order valence-corrected chi connectivity index (χ4v) is 2.67. The Morgan fingerprint density at radius 2 is 1.78 bits per heavy atom. The number of alkyl halides is 3. The third kappa shape index (κ3) is 5.11. The summed E-state index contributed by atoms with van der Waals surface area (Å²) in [7, 11) is 1.23. The van der Waals surface area contributed by atoms with Gasteiger partial charge in [0, 0.05) is 12.7 Å². The third-order valence-corrected chi connectivity index (χ3v) is 4.10. The molecule has 2 aromatic carbocycles. The molecule has 4 nitrogen and oxygen atoms in total. The Morgan fingerprint density at radius 1 is 1.11 bits per heavy atom. The molecule has 0 aliphatic carbocycles. The number of benzene rings is 2. The summed E-state index contributed by atoms with van der Waals surface area (Å²) in [5.41, 5.74) is -1.66. The van der Waals surface area contributed by atoms with Crippen molar-refractivity contribution in [3.05, 3.63) is 63.4 Å². The lowest BCUT2D eigenvalue weighted by Gasteiger charge is -2.18. The van der Waals surface area contributed by atoms with Crippen LogP contribution in [0.3, 0.4) is 0 Å². The highest BCUT2D eigenvalue weighted by Gasteiger charge is 2.33. The van der Waals surface area contributed by atoms with Crippen molar-refractivity contribution < 1.29 is 27.2 Å². The van der Waals surface area contributed by atoms with Gasteiger partial charge >= 0.3 is 6.18 Å². The van der Waals surface area contributed by atoms with Crippen molar-refractivity contribution in [2.75, 3.05) is 18.9 Å². The van der Waals surface area contributed by atoms with Gasteiger partial charge in [-0.15, -0.1) is 0 Å². The first-order valence-electron chi connectivity index (χ1n) is 7.36. The van der Waals surface area contributed by atoms with Crippen LogP contribution in [0.15, 0.2) is 36.4 Å². The summed E-state index contributed by atoms with van der Waals surface area (Å²) in [4.78, 5) is 25.2. The first kappa shape index (κ1) is 21.0. The van der Waals surface area contributed by atoms with Crippen LogP contribution in [-0.2, 0) is 11.0 Å². The predicted octanol–water partition coefficient (Wildman–Crippen LogP) is 4.86. The number of carbonyl (C=O) groups excluding carboxylic acids is 2. The Balaban J connectivity index is 2.11. The van der Waals surface area contributed by atoms with Gasteiger partial charge in [-0.25, -0.2) is 4.39 Å². The Bertz CT molecular complexity index is 867. The average Bonchev–Trinajstić information content (AvgIpc) is 2.55. The van der Waals surface area contributed by atoms with Gasteiger partial charge in [-0.3, -0.25) is 9.59 Å². The van der Waals surface area contributed by atoms with Gasteiger partial charge in [-0.1, -0.05) is 29.3 Å². The summed E-state index contributed by atoms with van der Waals surface area (Å²) in [6, 6.07) is 6.53. The van der Waals surface area contributed by atoms with Crippen molar-refractivity contribution >= 4 is 40.7 Å². The van der Waals surface area contributed by atoms with E-state index in [1.54, 1.807) is 0 Å². The molecular weight excluding hydrogens is 411 g/mol. The van der Waals surface area contributed by atoms with E-state index in [1.807, 2.05) is 0 Å². The second-order valence-corrected chi connectivity index (χ2v) is 6.31. The van der Waals surface area contributed by atoms with Crippen LogP contribution in [0, 0.1) is 5.82 Å². The third-order valence-electron chi connectivity index (χ3n) is 3.46. The van der Waals surface area contributed by atoms with E-state index in [4.69, 9.17) is 23.2 Å². The van der Waals surface area contributed by atoms with E-state index in [-0.39, 0.29) is 10.7 Å². The molecule has 0 atom stereocenters. The first-order chi connectivity index (χ1) is 12.5. The number of nitrogens with one attached hydrogen (secondary N) is 1. The molecular formula is C17H12Cl2F4N2O2. The molecule has 0 aromatic heterocycles. The van der Waals surface area contributed by atoms with Gasteiger partial charge in [0.15, 0.2) is 0 Å². The number of anilines is 1. The number of amides is 2. The number of hydrogen-bond acceptors (Lipinski definition) is 2. The van der Waals surface area contributed by atoms with Crippen LogP contribution in [0.2, 0.25) is 10.0 Å². The van der Waals surface area contributed by atoms with E-state index >= 15 is 0 Å². The fraction of sp³-hybridized carbons (Fsp3) is 0.176. The predicted molar refractivity (Wildman–Crippen MR) is 93.5 cm³/mol. The first-order valence-corrected chi connectivity index (χ1v) is 8.12. The summed E-state index contributed by atoms with van der Waals surface area (Å²) in [5.74, 6) is -2.48. The van der Waals surface area contributed by atoms with E-state index in [9.17, 15) is 27.2 Å². The molecule has 0 bridgehead atoms. The Hall–Kier alpha value is -2.32. The SMILES string of the molecule is CN(CC(=O)Nc1ccc(Cl)c(C(F)(F)F)c1)C(=O)c1c(F)cccc1Cl. The van der Waals surface area contributed by atoms with Crippen molar-refractivity contribution in [2.45, 2.75) is 6.18 Å². The summed E-state index contributed by atoms with van der Waals surface area (Å²) in [5, 5.41) is 1.59. The van der Waals surface area contributed by atoms with E-state index in [1.165, 1.54) is 25.2 Å². The minimum atomic E-state index is -4.69. The highest BCUT2D eigenvalue weighted by Crippen LogP contribution is 2.36. The van der Waals surface area contributed by atoms with Crippen molar-refractivity contribution in [3.8, 4) is 0 Å². The highest BCUT2D eigenvalue weighted by molar-refractivity contribution is 6.34. The van der Waals surface area contributed by atoms with Crippen molar-refractivity contribution in [2.24, 2.45) is 0 Å². The molecule has 0 saturated carbocycles. The maximum atomic E-state index is 13.8. The Morgan fingerprint density at radius 3 is 2.37 bits per heavy atom. The standard InChI is InChI=1S/C17H12Cl2F4N2O2/c1-25(16(27)15-12(19)3-2-4-13(15)20)8-14(26)24-9-5-6-11(18)10(7-9)17(21,22)23/h2-7H,8H2,1H3,(H,24,26). The van der Waals surface area contributed by atoms with E-state index in [2.05, 4.69) is 5.32 Å². The summed E-state index contributed by atoms with van der Waals surface area (Å²) >= 11 is 11.3. The molecule has 0 fully saturated rings. The van der Waals surface area contributed by atoms with Gasteiger partial charge in [0.2, 0.25) is 5.91 Å². The van der Waals surface area contributed by atoms with Gasteiger partial charge in [0.1, 0.15) is 5.82 Å². The molecule has 0 aliphatic heterocycles. The molecule has 2 rings (SSSR count). The average molecular weight is 423 g/mol. The van der Waals surface area contributed by atoms with Crippen LogP contribution in [0.4, 0.5) is 23.2 Å². The number of rotatable bonds is 4. The monoisotopic (exact) mass is 422 g/mol. The maximum Gasteiger partial charge on any atom is 0.417 e. The molecule has 10 heteroatoms. The van der Waals surface area contributed by atoms with Crippen LogP contribution >= 0.6 is 23.2 Å². The molecule has 0 saturated heterocycles. The molecule has 2 aromatic rings. The minimum absolute atomic E-state index is 0.125. The number of likely N-dealkylation sites (N-methyl/N-ethyl adjacent to an activating group) is 1. The van der Waals surface area contributed by atoms with E-state index in [0.717, 1.165) is 17.0 Å². The van der Waals surface area contributed by atoms with Crippen molar-refractivity contribution in [1.29, 1.82) is 0 Å². The summed E-state index contributed by atoms with van der Waals surface area (Å²) in [6.07, 6.45) is -4.69. The van der Waals surface area contributed by atoms with Gasteiger partial charge in [0.05, 0.1) is 27.7 Å². The van der Waals surface area contributed by atoms with Crippen LogP contribution in [0.1, 0.15) is 15.9 Å². The molecule has 27 heavy (non-hydrogen) atoms. The normalized spacial score (nSPS) is 11.2. The molecule has 0 radical (unpaired) electrons. The topological polar surface area (TPSA) is 49.4 Å². The molecule has 0 spiro atoms. The Labute approximate surface area is 161 Å². The lowest BCUT2D eigenvalue weighted by atomic mass is 10.2. The van der Waals surface area contributed by atoms with Crippen LogP contribution in [-0.4, -0.2) is 30.3 Å². The second kappa shape index (κ2) is 8.14. The number of hydrogen-bond donors (Lipinski definition) is 1. The molecule has 0 unspecified atom stereocenters. The van der Waals surface area contributed by atoms with Crippen molar-refractivity contribution in [3.63, 3.8) is 0 Å². The number of nitrogens with zero attached hydrogens (tertiary/aromatic N) is 1. The second-order valence-electron chi connectivity index (χ2n) is 5.50. The van der Waals surface area contributed by atoms with Crippen molar-refractivity contribution in [1.82, 2.24) is 4.90 Å². The Kier molecular flexibility index (Phi) is 6.33. The molecule has 1 N–H and O–H groups in total. The molecule has 144 valence electrons. The van der Waals surface area contributed by atoms with Gasteiger partial charge in [0.25, 0.3) is 5.91 Å². The smallest absolute Gasteiger partial charge is 0.332 e. The maximum absolute atomic E-state index is 13.8.